The molecule has 0 radical (unpaired) electrons. The highest BCUT2D eigenvalue weighted by molar-refractivity contribution is 6.33. The molecule has 1 aliphatic rings. The van der Waals surface area contributed by atoms with Crippen LogP contribution >= 0.6 is 11.6 Å². The van der Waals surface area contributed by atoms with Gasteiger partial charge in [-0.2, -0.15) is 0 Å². The predicted octanol–water partition coefficient (Wildman–Crippen LogP) is 3.92. The van der Waals surface area contributed by atoms with E-state index in [9.17, 15) is 0 Å². The van der Waals surface area contributed by atoms with Crippen LogP contribution in [0.2, 0.25) is 5.02 Å². The summed E-state index contributed by atoms with van der Waals surface area (Å²) in [4.78, 5) is 0. The van der Waals surface area contributed by atoms with Gasteiger partial charge in [-0.25, -0.2) is 0 Å². The van der Waals surface area contributed by atoms with E-state index < -0.39 is 0 Å². The molecule has 17 heavy (non-hydrogen) atoms. The molecule has 3 nitrogen and oxygen atoms in total. The molecule has 2 rings (SSSR count). The van der Waals surface area contributed by atoms with Gasteiger partial charge in [0.25, 0.3) is 0 Å². The van der Waals surface area contributed by atoms with Crippen LogP contribution in [0.15, 0.2) is 12.1 Å². The van der Waals surface area contributed by atoms with Crippen molar-refractivity contribution in [3.63, 3.8) is 0 Å². The lowest BCUT2D eigenvalue weighted by Gasteiger charge is -2.22. The molecular formula is C13H18ClNO2. The summed E-state index contributed by atoms with van der Waals surface area (Å²) in [7, 11) is 0. The van der Waals surface area contributed by atoms with Crippen LogP contribution < -0.4 is 14.8 Å². The summed E-state index contributed by atoms with van der Waals surface area (Å²) in [6.07, 6.45) is 1.14. The van der Waals surface area contributed by atoms with E-state index in [1.807, 2.05) is 6.07 Å². The highest BCUT2D eigenvalue weighted by atomic mass is 35.5. The van der Waals surface area contributed by atoms with Crippen LogP contribution in [0.3, 0.4) is 0 Å². The van der Waals surface area contributed by atoms with Crippen LogP contribution in [-0.2, 0) is 0 Å². The van der Waals surface area contributed by atoms with E-state index in [1.165, 1.54) is 0 Å². The Balaban J connectivity index is 2.16. The van der Waals surface area contributed by atoms with Gasteiger partial charge in [0, 0.05) is 18.2 Å². The Bertz CT molecular complexity index is 409. The average molecular weight is 256 g/mol. The lowest BCUT2D eigenvalue weighted by molar-refractivity contribution is 0.174. The Morgan fingerprint density at radius 1 is 1.29 bits per heavy atom. The van der Waals surface area contributed by atoms with Crippen molar-refractivity contribution >= 4 is 17.3 Å². The van der Waals surface area contributed by atoms with Gasteiger partial charge in [0.15, 0.2) is 11.5 Å². The van der Waals surface area contributed by atoms with Crippen LogP contribution in [0, 0.1) is 5.92 Å². The van der Waals surface area contributed by atoms with Gasteiger partial charge in [-0.05, 0) is 12.8 Å². The normalized spacial score (nSPS) is 16.7. The second kappa shape index (κ2) is 5.05. The molecule has 0 aromatic heterocycles. The molecular weight excluding hydrogens is 238 g/mol. The minimum Gasteiger partial charge on any atom is -0.454 e. The highest BCUT2D eigenvalue weighted by Crippen LogP contribution is 2.39. The summed E-state index contributed by atoms with van der Waals surface area (Å²) in [5, 5.41) is 4.09. The topological polar surface area (TPSA) is 30.5 Å². The van der Waals surface area contributed by atoms with Crippen LogP contribution in [0.4, 0.5) is 5.69 Å². The van der Waals surface area contributed by atoms with Crippen LogP contribution in [0.1, 0.15) is 27.2 Å². The minimum absolute atomic E-state index is 0.274. The molecule has 1 aromatic carbocycles. The molecule has 0 saturated carbocycles. The lowest BCUT2D eigenvalue weighted by Crippen LogP contribution is -2.23. The van der Waals surface area contributed by atoms with Crippen LogP contribution in [0.5, 0.6) is 11.5 Å². The van der Waals surface area contributed by atoms with Gasteiger partial charge in [0.05, 0.1) is 10.7 Å². The van der Waals surface area contributed by atoms with Crippen molar-refractivity contribution in [1.29, 1.82) is 0 Å². The number of halogens is 1. The predicted molar refractivity (Wildman–Crippen MR) is 70.1 cm³/mol. The van der Waals surface area contributed by atoms with Crippen molar-refractivity contribution in [3.05, 3.63) is 17.2 Å². The largest absolute Gasteiger partial charge is 0.454 e. The number of rotatable bonds is 4. The molecule has 1 heterocycles. The van der Waals surface area contributed by atoms with Crippen molar-refractivity contribution in [3.8, 4) is 11.5 Å². The molecule has 1 aromatic rings. The third-order valence-electron chi connectivity index (χ3n) is 3.34. The van der Waals surface area contributed by atoms with E-state index >= 15 is 0 Å². The van der Waals surface area contributed by atoms with Gasteiger partial charge in [-0.3, -0.25) is 0 Å². The molecule has 94 valence electrons. The quantitative estimate of drug-likeness (QED) is 0.885. The second-order valence-electron chi connectivity index (χ2n) is 4.50. The monoisotopic (exact) mass is 255 g/mol. The van der Waals surface area contributed by atoms with Gasteiger partial charge >= 0.3 is 0 Å². The second-order valence-corrected chi connectivity index (χ2v) is 4.91. The Labute approximate surface area is 107 Å². The summed E-state index contributed by atoms with van der Waals surface area (Å²) < 4.78 is 10.6. The van der Waals surface area contributed by atoms with Crippen molar-refractivity contribution in [1.82, 2.24) is 0 Å². The van der Waals surface area contributed by atoms with E-state index in [0.29, 0.717) is 17.0 Å². The van der Waals surface area contributed by atoms with Gasteiger partial charge in [0.1, 0.15) is 0 Å². The minimum atomic E-state index is 0.274. The first-order valence-corrected chi connectivity index (χ1v) is 6.35. The van der Waals surface area contributed by atoms with Gasteiger partial charge < -0.3 is 14.8 Å². The smallest absolute Gasteiger partial charge is 0.231 e. The fourth-order valence-electron chi connectivity index (χ4n) is 1.77. The van der Waals surface area contributed by atoms with Gasteiger partial charge in [0.2, 0.25) is 6.79 Å². The summed E-state index contributed by atoms with van der Waals surface area (Å²) in [5.41, 5.74) is 0.906. The number of ether oxygens (including phenoxy) is 2. The maximum Gasteiger partial charge on any atom is 0.231 e. The Hall–Kier alpha value is -1.09. The number of hydrogen-bond donors (Lipinski definition) is 1. The first-order valence-electron chi connectivity index (χ1n) is 5.97. The number of nitrogens with one attached hydrogen (secondary N) is 1. The molecule has 2 atom stereocenters. The number of anilines is 1. The number of fused-ring (bicyclic) bond motifs is 1. The molecule has 1 aliphatic heterocycles. The molecule has 0 fully saturated rings. The van der Waals surface area contributed by atoms with Crippen molar-refractivity contribution in [2.45, 2.75) is 33.2 Å². The molecule has 4 heteroatoms. The first kappa shape index (κ1) is 12.4. The maximum atomic E-state index is 6.20. The molecule has 0 saturated heterocycles. The van der Waals surface area contributed by atoms with E-state index in [0.717, 1.165) is 23.6 Å². The van der Waals surface area contributed by atoms with E-state index in [4.69, 9.17) is 21.1 Å². The number of hydrogen-bond acceptors (Lipinski definition) is 3. The Morgan fingerprint density at radius 3 is 2.59 bits per heavy atom. The highest BCUT2D eigenvalue weighted by Gasteiger charge is 2.18. The molecule has 0 bridgehead atoms. The zero-order valence-electron chi connectivity index (χ0n) is 10.4. The van der Waals surface area contributed by atoms with Crippen molar-refractivity contribution in [2.75, 3.05) is 12.1 Å². The van der Waals surface area contributed by atoms with Crippen molar-refractivity contribution < 1.29 is 9.47 Å². The van der Waals surface area contributed by atoms with E-state index in [-0.39, 0.29) is 6.79 Å². The fourth-order valence-corrected chi connectivity index (χ4v) is 1.98. The Morgan fingerprint density at radius 2 is 1.94 bits per heavy atom. The lowest BCUT2D eigenvalue weighted by atomic mass is 10.0. The third kappa shape index (κ3) is 2.60. The van der Waals surface area contributed by atoms with Crippen molar-refractivity contribution in [2.24, 2.45) is 5.92 Å². The van der Waals surface area contributed by atoms with Gasteiger partial charge in [-0.15, -0.1) is 0 Å². The average Bonchev–Trinajstić information content (AvgIpc) is 2.75. The zero-order valence-corrected chi connectivity index (χ0v) is 11.2. The summed E-state index contributed by atoms with van der Waals surface area (Å²) in [5.74, 6) is 2.07. The molecule has 0 aliphatic carbocycles. The SMILES string of the molecule is CCC(C)C(C)Nc1cc2c(cc1Cl)OCO2. The standard InChI is InChI=1S/C13H18ClNO2/c1-4-8(2)9(3)15-11-6-13-12(5-10(11)14)16-7-17-13/h5-6,8-9,15H,4,7H2,1-3H3. The van der Waals surface area contributed by atoms with Crippen LogP contribution in [-0.4, -0.2) is 12.8 Å². The first-order chi connectivity index (χ1) is 8.11. The molecule has 0 amide bonds. The fraction of sp³-hybridized carbons (Fsp3) is 0.538. The van der Waals surface area contributed by atoms with Crippen LogP contribution in [0.25, 0.3) is 0 Å². The zero-order chi connectivity index (χ0) is 12.4. The number of benzene rings is 1. The molecule has 0 spiro atoms. The van der Waals surface area contributed by atoms with E-state index in [2.05, 4.69) is 26.1 Å². The summed E-state index contributed by atoms with van der Waals surface area (Å²) in [6, 6.07) is 4.08. The summed E-state index contributed by atoms with van der Waals surface area (Å²) in [6.45, 7) is 6.84. The van der Waals surface area contributed by atoms with E-state index in [1.54, 1.807) is 6.07 Å². The molecule has 2 unspecified atom stereocenters. The molecule has 1 N–H and O–H groups in total. The third-order valence-corrected chi connectivity index (χ3v) is 3.66. The maximum absolute atomic E-state index is 6.20. The van der Waals surface area contributed by atoms with Gasteiger partial charge in [-0.1, -0.05) is 31.9 Å². The summed E-state index contributed by atoms with van der Waals surface area (Å²) >= 11 is 6.20. The Kier molecular flexibility index (Phi) is 3.67.